The minimum Gasteiger partial charge on any atom is -0.341 e. The van der Waals surface area contributed by atoms with Gasteiger partial charge < -0.3 is 10.6 Å². The van der Waals surface area contributed by atoms with Crippen LogP contribution in [0.4, 0.5) is 11.4 Å². The van der Waals surface area contributed by atoms with Crippen molar-refractivity contribution >= 4 is 11.4 Å². The average Bonchev–Trinajstić information content (AvgIpc) is 2.46. The molecule has 0 saturated carbocycles. The van der Waals surface area contributed by atoms with Crippen LogP contribution in [0.5, 0.6) is 0 Å². The van der Waals surface area contributed by atoms with Gasteiger partial charge in [-0.15, -0.1) is 0 Å². The molecule has 3 rings (SSSR count). The number of hydrogen-bond acceptors (Lipinski definition) is 2. The monoisotopic (exact) mass is 266 g/mol. The molecule has 0 bridgehead atoms. The average molecular weight is 266 g/mol. The normalized spacial score (nSPS) is 19.6. The van der Waals surface area contributed by atoms with Gasteiger partial charge in [0.1, 0.15) is 0 Å². The fourth-order valence-electron chi connectivity index (χ4n) is 3.14. The van der Waals surface area contributed by atoms with E-state index in [9.17, 15) is 0 Å². The van der Waals surface area contributed by atoms with Gasteiger partial charge in [0.2, 0.25) is 0 Å². The zero-order chi connectivity index (χ0) is 14.1. The van der Waals surface area contributed by atoms with Gasteiger partial charge in [0.15, 0.2) is 0 Å². The van der Waals surface area contributed by atoms with E-state index in [0.717, 1.165) is 13.0 Å². The van der Waals surface area contributed by atoms with Crippen molar-refractivity contribution in [3.8, 4) is 0 Å². The van der Waals surface area contributed by atoms with Gasteiger partial charge in [-0.1, -0.05) is 43.3 Å². The van der Waals surface area contributed by atoms with Crippen molar-refractivity contribution in [3.05, 3.63) is 59.7 Å². The van der Waals surface area contributed by atoms with Crippen LogP contribution in [0, 0.1) is 5.92 Å². The number of rotatable bonds is 2. The third kappa shape index (κ3) is 2.32. The Morgan fingerprint density at radius 3 is 2.45 bits per heavy atom. The SMILES string of the molecule is CC1Cc2ccccc2N(c2ccccc2[C@@H](C)N)C1. The van der Waals surface area contributed by atoms with Crippen LogP contribution in [0.25, 0.3) is 0 Å². The van der Waals surface area contributed by atoms with Crippen LogP contribution >= 0.6 is 0 Å². The summed E-state index contributed by atoms with van der Waals surface area (Å²) in [6, 6.07) is 17.3. The Hall–Kier alpha value is -1.80. The molecular formula is C18H22N2. The first-order valence-corrected chi connectivity index (χ1v) is 7.36. The van der Waals surface area contributed by atoms with Crippen molar-refractivity contribution in [2.24, 2.45) is 11.7 Å². The third-order valence-electron chi connectivity index (χ3n) is 4.06. The second-order valence-electron chi connectivity index (χ2n) is 5.90. The first-order chi connectivity index (χ1) is 9.66. The lowest BCUT2D eigenvalue weighted by Gasteiger charge is -2.36. The van der Waals surface area contributed by atoms with Crippen LogP contribution < -0.4 is 10.6 Å². The molecule has 20 heavy (non-hydrogen) atoms. The number of fused-ring (bicyclic) bond motifs is 1. The summed E-state index contributed by atoms with van der Waals surface area (Å²) in [6.45, 7) is 5.43. The van der Waals surface area contributed by atoms with Gasteiger partial charge in [0.05, 0.1) is 0 Å². The highest BCUT2D eigenvalue weighted by Gasteiger charge is 2.24. The van der Waals surface area contributed by atoms with E-state index in [1.54, 1.807) is 0 Å². The molecule has 2 aromatic carbocycles. The van der Waals surface area contributed by atoms with Gasteiger partial charge in [0, 0.05) is 24.0 Å². The second-order valence-corrected chi connectivity index (χ2v) is 5.90. The molecule has 2 atom stereocenters. The number of benzene rings is 2. The fourth-order valence-corrected chi connectivity index (χ4v) is 3.14. The molecule has 2 heteroatoms. The molecule has 0 radical (unpaired) electrons. The number of hydrogen-bond donors (Lipinski definition) is 1. The van der Waals surface area contributed by atoms with Gasteiger partial charge in [-0.05, 0) is 42.5 Å². The van der Waals surface area contributed by atoms with Crippen LogP contribution in [0.15, 0.2) is 48.5 Å². The highest BCUT2D eigenvalue weighted by atomic mass is 15.1. The molecule has 1 aliphatic rings. The summed E-state index contributed by atoms with van der Waals surface area (Å²) in [5.41, 5.74) is 11.4. The molecule has 2 nitrogen and oxygen atoms in total. The van der Waals surface area contributed by atoms with E-state index < -0.39 is 0 Å². The van der Waals surface area contributed by atoms with E-state index in [2.05, 4.69) is 67.3 Å². The molecule has 1 aliphatic heterocycles. The van der Waals surface area contributed by atoms with Gasteiger partial charge in [0.25, 0.3) is 0 Å². The number of nitrogens with two attached hydrogens (primary N) is 1. The molecule has 0 amide bonds. The Labute approximate surface area is 121 Å². The maximum atomic E-state index is 6.15. The lowest BCUT2D eigenvalue weighted by atomic mass is 9.92. The molecule has 0 aliphatic carbocycles. The molecule has 2 N–H and O–H groups in total. The molecule has 0 aromatic heterocycles. The van der Waals surface area contributed by atoms with Gasteiger partial charge in [-0.3, -0.25) is 0 Å². The smallest absolute Gasteiger partial charge is 0.0459 e. The van der Waals surface area contributed by atoms with E-state index in [0.29, 0.717) is 5.92 Å². The van der Waals surface area contributed by atoms with Crippen LogP contribution in [0.1, 0.15) is 31.0 Å². The molecule has 1 unspecified atom stereocenters. The Balaban J connectivity index is 2.11. The number of nitrogens with zero attached hydrogens (tertiary/aromatic N) is 1. The van der Waals surface area contributed by atoms with Crippen LogP contribution in [-0.2, 0) is 6.42 Å². The van der Waals surface area contributed by atoms with E-state index in [-0.39, 0.29) is 6.04 Å². The maximum Gasteiger partial charge on any atom is 0.0459 e. The van der Waals surface area contributed by atoms with Crippen molar-refractivity contribution in [1.29, 1.82) is 0 Å². The molecule has 0 saturated heterocycles. The molecule has 2 aromatic rings. The Morgan fingerprint density at radius 2 is 1.70 bits per heavy atom. The summed E-state index contributed by atoms with van der Waals surface area (Å²) >= 11 is 0. The minimum atomic E-state index is 0.0515. The van der Waals surface area contributed by atoms with Crippen molar-refractivity contribution in [2.75, 3.05) is 11.4 Å². The van der Waals surface area contributed by atoms with E-state index in [1.807, 2.05) is 0 Å². The standard InChI is InChI=1S/C18H22N2/c1-13-11-15-7-3-5-9-17(15)20(12-13)18-10-6-4-8-16(18)14(2)19/h3-10,13-14H,11-12,19H2,1-2H3/t13?,14-/m1/s1. The largest absolute Gasteiger partial charge is 0.341 e. The third-order valence-corrected chi connectivity index (χ3v) is 4.06. The molecule has 0 fully saturated rings. The predicted octanol–water partition coefficient (Wildman–Crippen LogP) is 4.04. The number of anilines is 2. The van der Waals surface area contributed by atoms with Crippen LogP contribution in [-0.4, -0.2) is 6.54 Å². The molecule has 1 heterocycles. The van der Waals surface area contributed by atoms with Crippen molar-refractivity contribution in [2.45, 2.75) is 26.3 Å². The highest BCUT2D eigenvalue weighted by Crippen LogP contribution is 2.37. The first kappa shape index (κ1) is 13.2. The fraction of sp³-hybridized carbons (Fsp3) is 0.333. The second kappa shape index (κ2) is 5.29. The quantitative estimate of drug-likeness (QED) is 0.889. The van der Waals surface area contributed by atoms with E-state index >= 15 is 0 Å². The topological polar surface area (TPSA) is 29.3 Å². The van der Waals surface area contributed by atoms with E-state index in [4.69, 9.17) is 5.73 Å². The summed E-state index contributed by atoms with van der Waals surface area (Å²) < 4.78 is 0. The molecular weight excluding hydrogens is 244 g/mol. The summed E-state index contributed by atoms with van der Waals surface area (Å²) in [4.78, 5) is 2.43. The first-order valence-electron chi connectivity index (χ1n) is 7.36. The summed E-state index contributed by atoms with van der Waals surface area (Å²) in [5.74, 6) is 0.658. The van der Waals surface area contributed by atoms with Crippen molar-refractivity contribution in [1.82, 2.24) is 0 Å². The Morgan fingerprint density at radius 1 is 1.05 bits per heavy atom. The highest BCUT2D eigenvalue weighted by molar-refractivity contribution is 5.70. The zero-order valence-electron chi connectivity index (χ0n) is 12.2. The van der Waals surface area contributed by atoms with Gasteiger partial charge >= 0.3 is 0 Å². The summed E-state index contributed by atoms with van der Waals surface area (Å²) in [6.07, 6.45) is 1.16. The zero-order valence-corrected chi connectivity index (χ0v) is 12.2. The number of para-hydroxylation sites is 2. The Bertz CT molecular complexity index is 604. The predicted molar refractivity (Wildman–Crippen MR) is 85.4 cm³/mol. The van der Waals surface area contributed by atoms with E-state index in [1.165, 1.54) is 22.5 Å². The lowest BCUT2D eigenvalue weighted by Crippen LogP contribution is -2.31. The lowest BCUT2D eigenvalue weighted by molar-refractivity contribution is 0.561. The van der Waals surface area contributed by atoms with Crippen molar-refractivity contribution in [3.63, 3.8) is 0 Å². The minimum absolute atomic E-state index is 0.0515. The van der Waals surface area contributed by atoms with Crippen molar-refractivity contribution < 1.29 is 0 Å². The maximum absolute atomic E-state index is 6.15. The summed E-state index contributed by atoms with van der Waals surface area (Å²) in [5, 5.41) is 0. The molecule has 104 valence electrons. The van der Waals surface area contributed by atoms with Gasteiger partial charge in [-0.25, -0.2) is 0 Å². The van der Waals surface area contributed by atoms with Crippen LogP contribution in [0.3, 0.4) is 0 Å². The molecule has 0 spiro atoms. The summed E-state index contributed by atoms with van der Waals surface area (Å²) in [7, 11) is 0. The Kier molecular flexibility index (Phi) is 3.49. The van der Waals surface area contributed by atoms with Gasteiger partial charge in [-0.2, -0.15) is 0 Å². The van der Waals surface area contributed by atoms with Crippen LogP contribution in [0.2, 0.25) is 0 Å².